The minimum atomic E-state index is 0.155. The third-order valence-corrected chi connectivity index (χ3v) is 8.12. The van der Waals surface area contributed by atoms with E-state index in [1.54, 1.807) is 11.1 Å². The van der Waals surface area contributed by atoms with Crippen molar-refractivity contribution < 1.29 is 0 Å². The van der Waals surface area contributed by atoms with Gasteiger partial charge in [-0.15, -0.1) is 0 Å². The van der Waals surface area contributed by atoms with Crippen molar-refractivity contribution in [2.24, 2.45) is 0 Å². The van der Waals surface area contributed by atoms with E-state index in [1.807, 2.05) is 12.1 Å². The van der Waals surface area contributed by atoms with Crippen molar-refractivity contribution in [3.05, 3.63) is 81.9 Å². The predicted octanol–water partition coefficient (Wildman–Crippen LogP) is 5.45. The van der Waals surface area contributed by atoms with Crippen LogP contribution in [-0.2, 0) is 4.31 Å². The molecule has 1 heterocycles. The van der Waals surface area contributed by atoms with Crippen LogP contribution in [0.25, 0.3) is 0 Å². The summed E-state index contributed by atoms with van der Waals surface area (Å²) in [7, 11) is 0. The van der Waals surface area contributed by atoms with Gasteiger partial charge in [-0.2, -0.15) is 0 Å². The van der Waals surface area contributed by atoms with Crippen molar-refractivity contribution >= 4 is 26.6 Å². The zero-order valence-electron chi connectivity index (χ0n) is 12.4. The molecule has 0 N–H and O–H groups in total. The van der Waals surface area contributed by atoms with Crippen molar-refractivity contribution in [1.82, 2.24) is 0 Å². The number of halogens is 1. The van der Waals surface area contributed by atoms with Crippen molar-refractivity contribution in [3.8, 4) is 0 Å². The van der Waals surface area contributed by atoms with Gasteiger partial charge in [0.25, 0.3) is 0 Å². The molecular formula is C19H19ClSe. The molecule has 0 bridgehead atoms. The van der Waals surface area contributed by atoms with Gasteiger partial charge in [-0.25, -0.2) is 0 Å². The number of allylic oxidation sites excluding steroid dienone is 2. The minimum absolute atomic E-state index is 0.155. The van der Waals surface area contributed by atoms with Crippen molar-refractivity contribution in [3.63, 3.8) is 0 Å². The second kappa shape index (κ2) is 6.01. The van der Waals surface area contributed by atoms with Crippen LogP contribution in [0.1, 0.15) is 31.4 Å². The van der Waals surface area contributed by atoms with Gasteiger partial charge < -0.3 is 0 Å². The van der Waals surface area contributed by atoms with E-state index < -0.39 is 0 Å². The summed E-state index contributed by atoms with van der Waals surface area (Å²) in [6.07, 6.45) is 1.13. The molecule has 0 fully saturated rings. The Hall–Kier alpha value is -1.01. The zero-order chi connectivity index (χ0) is 14.9. The Kier molecular flexibility index (Phi) is 4.26. The van der Waals surface area contributed by atoms with E-state index in [1.165, 1.54) is 16.4 Å². The third-order valence-electron chi connectivity index (χ3n) is 4.33. The van der Waals surface area contributed by atoms with E-state index in [4.69, 9.17) is 11.6 Å². The van der Waals surface area contributed by atoms with Gasteiger partial charge in [0.2, 0.25) is 0 Å². The van der Waals surface area contributed by atoms with Crippen LogP contribution in [0.4, 0.5) is 0 Å². The fourth-order valence-corrected chi connectivity index (χ4v) is 6.45. The molecule has 108 valence electrons. The number of hydrogen-bond donors (Lipinski definition) is 0. The molecule has 0 spiro atoms. The van der Waals surface area contributed by atoms with Crippen LogP contribution in [0, 0.1) is 0 Å². The van der Waals surface area contributed by atoms with E-state index in [0.29, 0.717) is 15.0 Å². The van der Waals surface area contributed by atoms with Gasteiger partial charge in [-0.05, 0) is 0 Å². The van der Waals surface area contributed by atoms with Crippen molar-refractivity contribution in [2.75, 3.05) is 0 Å². The first-order chi connectivity index (χ1) is 10.1. The van der Waals surface area contributed by atoms with Gasteiger partial charge in [-0.3, -0.25) is 0 Å². The molecule has 1 unspecified atom stereocenters. The first kappa shape index (κ1) is 14.9. The molecule has 21 heavy (non-hydrogen) atoms. The Morgan fingerprint density at radius 3 is 2.10 bits per heavy atom. The first-order valence-corrected chi connectivity index (χ1v) is 9.67. The molecule has 1 aliphatic rings. The average molecular weight is 362 g/mol. The van der Waals surface area contributed by atoms with Gasteiger partial charge in [0.05, 0.1) is 0 Å². The van der Waals surface area contributed by atoms with Crippen LogP contribution in [0.15, 0.2) is 65.7 Å². The first-order valence-electron chi connectivity index (χ1n) is 7.22. The molecule has 0 saturated carbocycles. The number of benzene rings is 2. The molecule has 2 aromatic carbocycles. The van der Waals surface area contributed by atoms with E-state index >= 15 is 0 Å². The maximum absolute atomic E-state index is 6.09. The summed E-state index contributed by atoms with van der Waals surface area (Å²) >= 11 is 6.61. The van der Waals surface area contributed by atoms with Crippen molar-refractivity contribution in [2.45, 2.75) is 29.9 Å². The molecule has 0 saturated heterocycles. The Bertz CT molecular complexity index is 658. The quantitative estimate of drug-likeness (QED) is 0.493. The molecular weight excluding hydrogens is 343 g/mol. The number of hydrogen-bond acceptors (Lipinski definition) is 0. The molecule has 0 amide bonds. The summed E-state index contributed by atoms with van der Waals surface area (Å²) < 4.78 is 0.155. The molecule has 2 heteroatoms. The fraction of sp³-hybridized carbons (Fsp3) is 0.263. The van der Waals surface area contributed by atoms with Gasteiger partial charge in [0, 0.05) is 0 Å². The van der Waals surface area contributed by atoms with Crippen LogP contribution in [0.2, 0.25) is 10.3 Å². The van der Waals surface area contributed by atoms with Gasteiger partial charge >= 0.3 is 138 Å². The van der Waals surface area contributed by atoms with E-state index in [2.05, 4.69) is 56.3 Å². The summed E-state index contributed by atoms with van der Waals surface area (Å²) in [5.74, 6) is 0. The van der Waals surface area contributed by atoms with E-state index in [9.17, 15) is 0 Å². The van der Waals surface area contributed by atoms with Crippen LogP contribution in [0.5, 0.6) is 0 Å². The van der Waals surface area contributed by atoms with Crippen molar-refractivity contribution in [1.29, 1.82) is 0 Å². The van der Waals surface area contributed by atoms with Crippen LogP contribution in [0.3, 0.4) is 0 Å². The summed E-state index contributed by atoms with van der Waals surface area (Å²) in [6.45, 7) is 4.58. The van der Waals surface area contributed by atoms with Crippen LogP contribution in [-0.4, -0.2) is 15.0 Å². The van der Waals surface area contributed by atoms with Crippen LogP contribution < -0.4 is 0 Å². The average Bonchev–Trinajstić information content (AvgIpc) is 2.52. The Labute approximate surface area is 138 Å². The third kappa shape index (κ3) is 2.83. The monoisotopic (exact) mass is 362 g/mol. The summed E-state index contributed by atoms with van der Waals surface area (Å²) in [4.78, 5) is 0. The van der Waals surface area contributed by atoms with E-state index in [-0.39, 0.29) is 4.31 Å². The zero-order valence-corrected chi connectivity index (χ0v) is 14.9. The van der Waals surface area contributed by atoms with Crippen LogP contribution >= 0.6 is 11.6 Å². The summed E-state index contributed by atoms with van der Waals surface area (Å²) in [5, 5.41) is 2.05. The number of rotatable bonds is 2. The molecule has 0 nitrogen and oxygen atoms in total. The van der Waals surface area contributed by atoms with Gasteiger partial charge in [0.15, 0.2) is 0 Å². The Balaban J connectivity index is 2.14. The Morgan fingerprint density at radius 2 is 1.48 bits per heavy atom. The Morgan fingerprint density at radius 1 is 0.857 bits per heavy atom. The molecule has 2 aromatic rings. The second-order valence-electron chi connectivity index (χ2n) is 5.73. The van der Waals surface area contributed by atoms with Gasteiger partial charge in [-0.1, -0.05) is 0 Å². The normalized spacial score (nSPS) is 22.4. The van der Waals surface area contributed by atoms with E-state index in [0.717, 1.165) is 11.4 Å². The molecule has 0 aromatic heterocycles. The topological polar surface area (TPSA) is 0 Å². The second-order valence-corrected chi connectivity index (χ2v) is 8.84. The maximum atomic E-state index is 6.09. The SMILES string of the molecule is CC1=C(C)CC(c2ccccc2)(c2ccc(Cl)cc2)[Se]C1. The molecule has 3 rings (SSSR count). The molecule has 1 aliphatic heterocycles. The standard InChI is InChI=1S/C19H19ClSe/c1-14-12-19(21-13-15(14)2,16-6-4-3-5-7-16)17-8-10-18(20)11-9-17/h3-11H,12-13H2,1-2H3. The fourth-order valence-electron chi connectivity index (χ4n) is 2.89. The van der Waals surface area contributed by atoms with Gasteiger partial charge in [0.1, 0.15) is 0 Å². The molecule has 0 radical (unpaired) electrons. The molecule has 1 atom stereocenters. The summed E-state index contributed by atoms with van der Waals surface area (Å²) in [5.41, 5.74) is 5.97. The summed E-state index contributed by atoms with van der Waals surface area (Å²) in [6, 6.07) is 19.5. The predicted molar refractivity (Wildman–Crippen MR) is 92.2 cm³/mol. The molecule has 0 aliphatic carbocycles.